The van der Waals surface area contributed by atoms with E-state index in [1.54, 1.807) is 14.2 Å². The second-order valence-electron chi connectivity index (χ2n) is 2.25. The summed E-state index contributed by atoms with van der Waals surface area (Å²) >= 11 is 3.38. The summed E-state index contributed by atoms with van der Waals surface area (Å²) in [7, 11) is 3.44. The van der Waals surface area contributed by atoms with E-state index in [2.05, 4.69) is 15.9 Å². The van der Waals surface area contributed by atoms with Gasteiger partial charge in [-0.1, -0.05) is 15.9 Å². The van der Waals surface area contributed by atoms with Gasteiger partial charge in [-0.3, -0.25) is 0 Å². The van der Waals surface area contributed by atoms with Crippen LogP contribution in [0.25, 0.3) is 0 Å². The van der Waals surface area contributed by atoms with E-state index in [0.717, 1.165) is 25.0 Å². The van der Waals surface area contributed by atoms with E-state index >= 15 is 0 Å². The first kappa shape index (κ1) is 10.4. The first-order chi connectivity index (χ1) is 4.85. The minimum atomic E-state index is 0.536. The van der Waals surface area contributed by atoms with Crippen LogP contribution in [0.4, 0.5) is 0 Å². The molecule has 0 aromatic heterocycles. The standard InChI is InChI=1S/C7H15BrO2/c1-9-5-7(3-4-8)6-10-2/h7H,3-6H2,1-2H3. The molecule has 0 aliphatic carbocycles. The lowest BCUT2D eigenvalue weighted by Gasteiger charge is -2.12. The summed E-state index contributed by atoms with van der Waals surface area (Å²) < 4.78 is 10.0. The van der Waals surface area contributed by atoms with Crippen LogP contribution >= 0.6 is 15.9 Å². The van der Waals surface area contributed by atoms with Crippen molar-refractivity contribution in [2.45, 2.75) is 6.42 Å². The molecule has 0 bridgehead atoms. The summed E-state index contributed by atoms with van der Waals surface area (Å²) in [4.78, 5) is 0. The van der Waals surface area contributed by atoms with E-state index in [9.17, 15) is 0 Å². The maximum Gasteiger partial charge on any atom is 0.0512 e. The van der Waals surface area contributed by atoms with Gasteiger partial charge >= 0.3 is 0 Å². The summed E-state index contributed by atoms with van der Waals surface area (Å²) in [6.07, 6.45) is 1.11. The largest absolute Gasteiger partial charge is 0.384 e. The van der Waals surface area contributed by atoms with Gasteiger partial charge in [0.1, 0.15) is 0 Å². The number of halogens is 1. The van der Waals surface area contributed by atoms with E-state index in [1.807, 2.05) is 0 Å². The van der Waals surface area contributed by atoms with Crippen molar-refractivity contribution >= 4 is 15.9 Å². The SMILES string of the molecule is COCC(CCBr)COC. The molecule has 62 valence electrons. The lowest BCUT2D eigenvalue weighted by molar-refractivity contribution is 0.0836. The smallest absolute Gasteiger partial charge is 0.0512 e. The first-order valence-electron chi connectivity index (χ1n) is 3.39. The molecule has 2 nitrogen and oxygen atoms in total. The maximum absolute atomic E-state index is 5.01. The number of hydrogen-bond acceptors (Lipinski definition) is 2. The minimum Gasteiger partial charge on any atom is -0.384 e. The Labute approximate surface area is 71.0 Å². The van der Waals surface area contributed by atoms with Gasteiger partial charge in [0.05, 0.1) is 13.2 Å². The van der Waals surface area contributed by atoms with Gasteiger partial charge in [0.15, 0.2) is 0 Å². The first-order valence-corrected chi connectivity index (χ1v) is 4.51. The molecular weight excluding hydrogens is 196 g/mol. The van der Waals surface area contributed by atoms with Crippen LogP contribution in [-0.4, -0.2) is 32.8 Å². The molecule has 3 heteroatoms. The predicted octanol–water partition coefficient (Wildman–Crippen LogP) is 1.68. The highest BCUT2D eigenvalue weighted by Gasteiger charge is 2.05. The molecule has 0 aliphatic rings. The third-order valence-corrected chi connectivity index (χ3v) is 1.78. The average molecular weight is 211 g/mol. The normalized spacial score (nSPS) is 10.8. The van der Waals surface area contributed by atoms with Crippen molar-refractivity contribution in [1.82, 2.24) is 0 Å². The van der Waals surface area contributed by atoms with Crippen molar-refractivity contribution < 1.29 is 9.47 Å². The fourth-order valence-corrected chi connectivity index (χ4v) is 1.49. The molecule has 0 fully saturated rings. The third kappa shape index (κ3) is 5.21. The zero-order valence-electron chi connectivity index (χ0n) is 6.60. The zero-order chi connectivity index (χ0) is 7.82. The molecular formula is C7H15BrO2. The Morgan fingerprint density at radius 1 is 1.20 bits per heavy atom. The molecule has 0 heterocycles. The summed E-state index contributed by atoms with van der Waals surface area (Å²) in [5.74, 6) is 0.536. The van der Waals surface area contributed by atoms with E-state index in [0.29, 0.717) is 5.92 Å². The molecule has 0 unspecified atom stereocenters. The van der Waals surface area contributed by atoms with Gasteiger partial charge in [0.25, 0.3) is 0 Å². The van der Waals surface area contributed by atoms with Crippen molar-refractivity contribution in [2.75, 3.05) is 32.8 Å². The van der Waals surface area contributed by atoms with Crippen LogP contribution in [0.3, 0.4) is 0 Å². The maximum atomic E-state index is 5.01. The summed E-state index contributed by atoms with van der Waals surface area (Å²) in [5.41, 5.74) is 0. The summed E-state index contributed by atoms with van der Waals surface area (Å²) in [5, 5.41) is 1.02. The highest BCUT2D eigenvalue weighted by Crippen LogP contribution is 2.05. The number of methoxy groups -OCH3 is 2. The van der Waals surface area contributed by atoms with E-state index < -0.39 is 0 Å². The number of rotatable bonds is 6. The zero-order valence-corrected chi connectivity index (χ0v) is 8.19. The van der Waals surface area contributed by atoms with Crippen LogP contribution < -0.4 is 0 Å². The molecule has 0 N–H and O–H groups in total. The number of alkyl halides is 1. The van der Waals surface area contributed by atoms with Crippen molar-refractivity contribution in [3.63, 3.8) is 0 Å². The lowest BCUT2D eigenvalue weighted by Crippen LogP contribution is -2.14. The molecule has 0 amide bonds. The minimum absolute atomic E-state index is 0.536. The van der Waals surface area contributed by atoms with Crippen LogP contribution in [0.15, 0.2) is 0 Å². The highest BCUT2D eigenvalue weighted by atomic mass is 79.9. The monoisotopic (exact) mass is 210 g/mol. The van der Waals surface area contributed by atoms with Crippen molar-refractivity contribution in [2.24, 2.45) is 5.92 Å². The third-order valence-electron chi connectivity index (χ3n) is 1.32. The molecule has 0 rings (SSSR count). The van der Waals surface area contributed by atoms with Crippen LogP contribution in [0.2, 0.25) is 0 Å². The van der Waals surface area contributed by atoms with E-state index in [-0.39, 0.29) is 0 Å². The highest BCUT2D eigenvalue weighted by molar-refractivity contribution is 9.09. The van der Waals surface area contributed by atoms with Crippen LogP contribution in [0.5, 0.6) is 0 Å². The van der Waals surface area contributed by atoms with Gasteiger partial charge in [-0.05, 0) is 6.42 Å². The van der Waals surface area contributed by atoms with Gasteiger partial charge in [-0.15, -0.1) is 0 Å². The summed E-state index contributed by atoms with van der Waals surface area (Å²) in [6.45, 7) is 1.58. The number of hydrogen-bond donors (Lipinski definition) is 0. The van der Waals surface area contributed by atoms with Crippen molar-refractivity contribution in [3.05, 3.63) is 0 Å². The molecule has 0 saturated heterocycles. The Morgan fingerprint density at radius 2 is 1.70 bits per heavy atom. The molecule has 0 aromatic carbocycles. The summed E-state index contributed by atoms with van der Waals surface area (Å²) in [6, 6.07) is 0. The van der Waals surface area contributed by atoms with Crippen LogP contribution in [0, 0.1) is 5.92 Å². The van der Waals surface area contributed by atoms with Crippen molar-refractivity contribution in [1.29, 1.82) is 0 Å². The fourth-order valence-electron chi connectivity index (χ4n) is 0.840. The molecule has 0 saturated carbocycles. The Bertz CT molecular complexity index is 54.4. The van der Waals surface area contributed by atoms with Crippen LogP contribution in [-0.2, 0) is 9.47 Å². The molecule has 0 atom stereocenters. The molecule has 0 aromatic rings. The second-order valence-corrected chi connectivity index (χ2v) is 3.05. The lowest BCUT2D eigenvalue weighted by atomic mass is 10.1. The van der Waals surface area contributed by atoms with Gasteiger partial charge in [0, 0.05) is 25.5 Å². The van der Waals surface area contributed by atoms with Gasteiger partial charge in [-0.25, -0.2) is 0 Å². The molecule has 0 spiro atoms. The fraction of sp³-hybridized carbons (Fsp3) is 1.00. The molecule has 0 aliphatic heterocycles. The van der Waals surface area contributed by atoms with E-state index in [1.165, 1.54) is 0 Å². The van der Waals surface area contributed by atoms with Gasteiger partial charge in [0.2, 0.25) is 0 Å². The quantitative estimate of drug-likeness (QED) is 0.622. The van der Waals surface area contributed by atoms with Gasteiger partial charge < -0.3 is 9.47 Å². The average Bonchev–Trinajstić information content (AvgIpc) is 1.90. The van der Waals surface area contributed by atoms with Gasteiger partial charge in [-0.2, -0.15) is 0 Å². The topological polar surface area (TPSA) is 18.5 Å². The second kappa shape index (κ2) is 7.51. The Morgan fingerprint density at radius 3 is 2.00 bits per heavy atom. The number of ether oxygens (including phenoxy) is 2. The van der Waals surface area contributed by atoms with Crippen LogP contribution in [0.1, 0.15) is 6.42 Å². The molecule has 0 radical (unpaired) electrons. The molecule has 10 heavy (non-hydrogen) atoms. The Hall–Kier alpha value is 0.400. The van der Waals surface area contributed by atoms with E-state index in [4.69, 9.17) is 9.47 Å². The Balaban J connectivity index is 3.30. The predicted molar refractivity (Wildman–Crippen MR) is 45.7 cm³/mol. The van der Waals surface area contributed by atoms with Crippen molar-refractivity contribution in [3.8, 4) is 0 Å². The Kier molecular flexibility index (Phi) is 7.81.